The van der Waals surface area contributed by atoms with E-state index >= 15 is 0 Å². The van der Waals surface area contributed by atoms with Crippen LogP contribution in [0.25, 0.3) is 0 Å². The van der Waals surface area contributed by atoms with Crippen LogP contribution in [0.15, 0.2) is 11.6 Å². The van der Waals surface area contributed by atoms with Gasteiger partial charge in [-0.15, -0.1) is 0 Å². The molecule has 1 heterocycles. The van der Waals surface area contributed by atoms with E-state index in [2.05, 4.69) is 6.08 Å². The maximum atomic E-state index is 5.81. The first-order valence-electron chi connectivity index (χ1n) is 4.90. The van der Waals surface area contributed by atoms with Gasteiger partial charge in [-0.3, -0.25) is 0 Å². The van der Waals surface area contributed by atoms with Gasteiger partial charge in [0.25, 0.3) is 0 Å². The highest BCUT2D eigenvalue weighted by Crippen LogP contribution is 2.29. The van der Waals surface area contributed by atoms with Gasteiger partial charge in [-0.1, -0.05) is 11.6 Å². The van der Waals surface area contributed by atoms with Crippen LogP contribution in [0.3, 0.4) is 0 Å². The molecule has 2 heteroatoms. The molecule has 68 valence electrons. The SMILES string of the molecule is NC1C=C(C2CCCOC2)CC1. The topological polar surface area (TPSA) is 35.2 Å². The molecule has 0 aromatic heterocycles. The van der Waals surface area contributed by atoms with Crippen molar-refractivity contribution in [1.82, 2.24) is 0 Å². The lowest BCUT2D eigenvalue weighted by Crippen LogP contribution is -2.18. The van der Waals surface area contributed by atoms with E-state index in [0.717, 1.165) is 19.6 Å². The lowest BCUT2D eigenvalue weighted by atomic mass is 9.93. The fourth-order valence-electron chi connectivity index (χ4n) is 2.15. The molecule has 2 rings (SSSR count). The van der Waals surface area contributed by atoms with E-state index < -0.39 is 0 Å². The normalized spacial score (nSPS) is 36.6. The summed E-state index contributed by atoms with van der Waals surface area (Å²) in [6.45, 7) is 1.88. The molecule has 2 unspecified atom stereocenters. The second-order valence-corrected chi connectivity index (χ2v) is 3.86. The van der Waals surface area contributed by atoms with Crippen LogP contribution in [0, 0.1) is 5.92 Å². The van der Waals surface area contributed by atoms with E-state index in [9.17, 15) is 0 Å². The van der Waals surface area contributed by atoms with Gasteiger partial charge >= 0.3 is 0 Å². The van der Waals surface area contributed by atoms with E-state index in [1.165, 1.54) is 19.3 Å². The van der Waals surface area contributed by atoms with Gasteiger partial charge < -0.3 is 10.5 Å². The summed E-state index contributed by atoms with van der Waals surface area (Å²) >= 11 is 0. The third-order valence-electron chi connectivity index (χ3n) is 2.88. The number of nitrogens with two attached hydrogens (primary N) is 1. The molecule has 0 spiro atoms. The molecular weight excluding hydrogens is 150 g/mol. The van der Waals surface area contributed by atoms with Gasteiger partial charge in [0.1, 0.15) is 0 Å². The number of hydrogen-bond donors (Lipinski definition) is 1. The summed E-state index contributed by atoms with van der Waals surface area (Å²) in [5.74, 6) is 0.687. The van der Waals surface area contributed by atoms with Gasteiger partial charge in [0.15, 0.2) is 0 Å². The Morgan fingerprint density at radius 2 is 2.33 bits per heavy atom. The van der Waals surface area contributed by atoms with Crippen molar-refractivity contribution in [2.75, 3.05) is 13.2 Å². The zero-order chi connectivity index (χ0) is 8.39. The molecule has 1 saturated heterocycles. The Kier molecular flexibility index (Phi) is 2.47. The molecule has 0 saturated carbocycles. The Balaban J connectivity index is 1.94. The van der Waals surface area contributed by atoms with Crippen molar-refractivity contribution in [2.24, 2.45) is 11.7 Å². The fraction of sp³-hybridized carbons (Fsp3) is 0.800. The second kappa shape index (κ2) is 3.58. The minimum Gasteiger partial charge on any atom is -0.381 e. The van der Waals surface area contributed by atoms with Crippen molar-refractivity contribution >= 4 is 0 Å². The standard InChI is InChI=1S/C10H17NO/c11-10-4-3-8(6-10)9-2-1-5-12-7-9/h6,9-10H,1-5,7,11H2. The van der Waals surface area contributed by atoms with Crippen LogP contribution in [0.4, 0.5) is 0 Å². The van der Waals surface area contributed by atoms with E-state index in [0.29, 0.717) is 12.0 Å². The van der Waals surface area contributed by atoms with Crippen LogP contribution in [0.2, 0.25) is 0 Å². The van der Waals surface area contributed by atoms with Crippen LogP contribution >= 0.6 is 0 Å². The minimum absolute atomic E-state index is 0.321. The maximum Gasteiger partial charge on any atom is 0.0531 e. The van der Waals surface area contributed by atoms with E-state index in [1.54, 1.807) is 5.57 Å². The first kappa shape index (κ1) is 8.27. The third-order valence-corrected chi connectivity index (χ3v) is 2.88. The molecule has 0 aromatic carbocycles. The molecule has 2 aliphatic rings. The molecule has 1 aliphatic carbocycles. The number of hydrogen-bond acceptors (Lipinski definition) is 2. The molecule has 1 fully saturated rings. The van der Waals surface area contributed by atoms with E-state index in [4.69, 9.17) is 10.5 Å². The van der Waals surface area contributed by atoms with Crippen molar-refractivity contribution in [1.29, 1.82) is 0 Å². The van der Waals surface area contributed by atoms with Gasteiger partial charge in [-0.2, -0.15) is 0 Å². The van der Waals surface area contributed by atoms with Crippen LogP contribution in [0.5, 0.6) is 0 Å². The molecule has 0 bridgehead atoms. The van der Waals surface area contributed by atoms with Gasteiger partial charge in [0, 0.05) is 18.6 Å². The quantitative estimate of drug-likeness (QED) is 0.600. The Bertz CT molecular complexity index is 182. The maximum absolute atomic E-state index is 5.81. The fourth-order valence-corrected chi connectivity index (χ4v) is 2.15. The zero-order valence-corrected chi connectivity index (χ0v) is 7.46. The Hall–Kier alpha value is -0.340. The highest BCUT2D eigenvalue weighted by molar-refractivity contribution is 5.16. The predicted molar refractivity (Wildman–Crippen MR) is 48.8 cm³/mol. The van der Waals surface area contributed by atoms with Crippen molar-refractivity contribution in [3.8, 4) is 0 Å². The monoisotopic (exact) mass is 167 g/mol. The average molecular weight is 167 g/mol. The highest BCUT2D eigenvalue weighted by Gasteiger charge is 2.22. The minimum atomic E-state index is 0.321. The Morgan fingerprint density at radius 1 is 1.42 bits per heavy atom. The molecule has 1 aliphatic heterocycles. The summed E-state index contributed by atoms with van der Waals surface area (Å²) in [4.78, 5) is 0. The van der Waals surface area contributed by atoms with Crippen LogP contribution in [-0.2, 0) is 4.74 Å². The van der Waals surface area contributed by atoms with Gasteiger partial charge in [0.2, 0.25) is 0 Å². The molecule has 2 nitrogen and oxygen atoms in total. The summed E-state index contributed by atoms with van der Waals surface area (Å²) in [5, 5.41) is 0. The molecule has 2 N–H and O–H groups in total. The molecular formula is C10H17NO. The second-order valence-electron chi connectivity index (χ2n) is 3.86. The third kappa shape index (κ3) is 1.70. The van der Waals surface area contributed by atoms with E-state index in [1.807, 2.05) is 0 Å². The van der Waals surface area contributed by atoms with Crippen molar-refractivity contribution < 1.29 is 4.74 Å². The van der Waals surface area contributed by atoms with Crippen LogP contribution in [-0.4, -0.2) is 19.3 Å². The predicted octanol–water partition coefficient (Wildman–Crippen LogP) is 1.46. The largest absolute Gasteiger partial charge is 0.381 e. The molecule has 2 atom stereocenters. The lowest BCUT2D eigenvalue weighted by molar-refractivity contribution is 0.0666. The summed E-state index contributed by atoms with van der Waals surface area (Å²) < 4.78 is 5.45. The zero-order valence-electron chi connectivity index (χ0n) is 7.46. The first-order chi connectivity index (χ1) is 5.86. The average Bonchev–Trinajstić information content (AvgIpc) is 2.54. The number of rotatable bonds is 1. The summed E-state index contributed by atoms with van der Waals surface area (Å²) in [5.41, 5.74) is 7.37. The van der Waals surface area contributed by atoms with Crippen LogP contribution in [0.1, 0.15) is 25.7 Å². The van der Waals surface area contributed by atoms with Gasteiger partial charge in [0.05, 0.1) is 6.61 Å². The number of ether oxygens (including phenoxy) is 1. The summed E-state index contributed by atoms with van der Waals surface area (Å²) in [6.07, 6.45) is 7.12. The highest BCUT2D eigenvalue weighted by atomic mass is 16.5. The Morgan fingerprint density at radius 3 is 2.92 bits per heavy atom. The van der Waals surface area contributed by atoms with Gasteiger partial charge in [-0.05, 0) is 25.7 Å². The smallest absolute Gasteiger partial charge is 0.0531 e. The first-order valence-corrected chi connectivity index (χ1v) is 4.90. The molecule has 0 radical (unpaired) electrons. The van der Waals surface area contributed by atoms with Crippen molar-refractivity contribution in [2.45, 2.75) is 31.7 Å². The van der Waals surface area contributed by atoms with E-state index in [-0.39, 0.29) is 0 Å². The molecule has 0 amide bonds. The lowest BCUT2D eigenvalue weighted by Gasteiger charge is -2.23. The summed E-state index contributed by atoms with van der Waals surface area (Å²) in [6, 6.07) is 0.321. The van der Waals surface area contributed by atoms with Gasteiger partial charge in [-0.25, -0.2) is 0 Å². The van der Waals surface area contributed by atoms with Crippen LogP contribution < -0.4 is 5.73 Å². The van der Waals surface area contributed by atoms with Crippen molar-refractivity contribution in [3.05, 3.63) is 11.6 Å². The summed E-state index contributed by atoms with van der Waals surface area (Å²) in [7, 11) is 0. The molecule has 0 aromatic rings. The van der Waals surface area contributed by atoms with Crippen molar-refractivity contribution in [3.63, 3.8) is 0 Å². The molecule has 12 heavy (non-hydrogen) atoms. The Labute approximate surface area is 73.8 Å².